The third-order valence-corrected chi connectivity index (χ3v) is 2.05. The number of hydrazine groups is 1. The van der Waals surface area contributed by atoms with Crippen molar-refractivity contribution >= 4 is 5.69 Å². The second-order valence-corrected chi connectivity index (χ2v) is 3.27. The van der Waals surface area contributed by atoms with Crippen molar-refractivity contribution in [3.05, 3.63) is 29.3 Å². The molecular formula is C9H12F3N3. The van der Waals surface area contributed by atoms with E-state index in [0.717, 1.165) is 12.1 Å². The molecule has 1 aromatic rings. The van der Waals surface area contributed by atoms with Crippen molar-refractivity contribution in [3.63, 3.8) is 0 Å². The third kappa shape index (κ3) is 2.84. The van der Waals surface area contributed by atoms with E-state index in [1.54, 1.807) is 6.92 Å². The van der Waals surface area contributed by atoms with Gasteiger partial charge >= 0.3 is 6.18 Å². The minimum atomic E-state index is -4.39. The minimum absolute atomic E-state index is 0.0712. The first kappa shape index (κ1) is 11.8. The zero-order chi connectivity index (χ0) is 11.6. The zero-order valence-electron chi connectivity index (χ0n) is 8.10. The normalized spacial score (nSPS) is 13.9. The first-order valence-electron chi connectivity index (χ1n) is 4.28. The highest BCUT2D eigenvalue weighted by molar-refractivity contribution is 5.46. The number of nitrogen functional groups attached to an aromatic ring is 1. The Kier molecular flexibility index (Phi) is 3.21. The van der Waals surface area contributed by atoms with Gasteiger partial charge in [0.05, 0.1) is 5.56 Å². The molecule has 1 atom stereocenters. The van der Waals surface area contributed by atoms with Gasteiger partial charge in [-0.25, -0.2) is 0 Å². The maximum Gasteiger partial charge on any atom is 0.416 e. The van der Waals surface area contributed by atoms with Crippen molar-refractivity contribution in [3.8, 4) is 0 Å². The molecule has 0 saturated heterocycles. The molecule has 1 rings (SSSR count). The van der Waals surface area contributed by atoms with Gasteiger partial charge in [0.1, 0.15) is 0 Å². The van der Waals surface area contributed by atoms with Crippen molar-refractivity contribution in [2.24, 2.45) is 5.84 Å². The number of hydrogen-bond donors (Lipinski definition) is 3. The molecule has 0 aromatic heterocycles. The standard InChI is InChI=1S/C9H12F3N3/c1-5(15-14)6-2-7(9(10,11)12)4-8(13)3-6/h2-5,15H,13-14H2,1H3. The van der Waals surface area contributed by atoms with E-state index in [1.165, 1.54) is 6.07 Å². The average Bonchev–Trinajstić information content (AvgIpc) is 2.14. The van der Waals surface area contributed by atoms with Gasteiger partial charge in [0.15, 0.2) is 0 Å². The molecule has 0 aliphatic carbocycles. The highest BCUT2D eigenvalue weighted by atomic mass is 19.4. The second-order valence-electron chi connectivity index (χ2n) is 3.27. The summed E-state index contributed by atoms with van der Waals surface area (Å²) in [4.78, 5) is 0. The van der Waals surface area contributed by atoms with E-state index >= 15 is 0 Å². The Bertz CT molecular complexity index is 349. The predicted molar refractivity (Wildman–Crippen MR) is 51.6 cm³/mol. The summed E-state index contributed by atoms with van der Waals surface area (Å²) in [6, 6.07) is 3.00. The zero-order valence-corrected chi connectivity index (χ0v) is 8.10. The number of anilines is 1. The van der Waals surface area contributed by atoms with Crippen LogP contribution in [0, 0.1) is 0 Å². The first-order chi connectivity index (χ1) is 6.84. The molecular weight excluding hydrogens is 207 g/mol. The molecule has 0 fully saturated rings. The summed E-state index contributed by atoms with van der Waals surface area (Å²) in [7, 11) is 0. The molecule has 1 unspecified atom stereocenters. The molecule has 5 N–H and O–H groups in total. The summed E-state index contributed by atoms with van der Waals surface area (Å²) in [5.74, 6) is 5.14. The van der Waals surface area contributed by atoms with Gasteiger partial charge in [0, 0.05) is 11.7 Å². The van der Waals surface area contributed by atoms with Crippen molar-refractivity contribution in [2.45, 2.75) is 19.1 Å². The van der Waals surface area contributed by atoms with Gasteiger partial charge in [0.2, 0.25) is 0 Å². The molecule has 84 valence electrons. The molecule has 0 spiro atoms. The lowest BCUT2D eigenvalue weighted by atomic mass is 10.0. The lowest BCUT2D eigenvalue weighted by Crippen LogP contribution is -2.26. The molecule has 0 saturated carbocycles. The Labute approximate surface area is 85.2 Å². The van der Waals surface area contributed by atoms with E-state index in [9.17, 15) is 13.2 Å². The second kappa shape index (κ2) is 4.08. The predicted octanol–water partition coefficient (Wildman–Crippen LogP) is 1.81. The van der Waals surface area contributed by atoms with Crippen LogP contribution in [0.2, 0.25) is 0 Å². The fraction of sp³-hybridized carbons (Fsp3) is 0.333. The van der Waals surface area contributed by atoms with Crippen LogP contribution >= 0.6 is 0 Å². The Morgan fingerprint density at radius 2 is 1.87 bits per heavy atom. The van der Waals surface area contributed by atoms with Gasteiger partial charge < -0.3 is 5.73 Å². The van der Waals surface area contributed by atoms with E-state index in [1.807, 2.05) is 0 Å². The summed E-state index contributed by atoms with van der Waals surface area (Å²) in [6.07, 6.45) is -4.39. The number of nitrogens with two attached hydrogens (primary N) is 2. The number of nitrogens with one attached hydrogen (secondary N) is 1. The quantitative estimate of drug-likeness (QED) is 0.404. The van der Waals surface area contributed by atoms with Crippen LogP contribution in [0.5, 0.6) is 0 Å². The fourth-order valence-corrected chi connectivity index (χ4v) is 1.19. The third-order valence-electron chi connectivity index (χ3n) is 2.05. The SMILES string of the molecule is CC(NN)c1cc(N)cc(C(F)(F)F)c1. The Hall–Kier alpha value is -1.27. The lowest BCUT2D eigenvalue weighted by Gasteiger charge is -2.14. The van der Waals surface area contributed by atoms with Crippen molar-refractivity contribution in [1.82, 2.24) is 5.43 Å². The number of hydrogen-bond acceptors (Lipinski definition) is 3. The fourth-order valence-electron chi connectivity index (χ4n) is 1.19. The summed E-state index contributed by atoms with van der Waals surface area (Å²) >= 11 is 0. The van der Waals surface area contributed by atoms with Gasteiger partial charge in [-0.05, 0) is 30.7 Å². The molecule has 6 heteroatoms. The molecule has 0 aliphatic heterocycles. The number of rotatable bonds is 2. The van der Waals surface area contributed by atoms with Crippen LogP contribution in [0.15, 0.2) is 18.2 Å². The van der Waals surface area contributed by atoms with Gasteiger partial charge in [-0.3, -0.25) is 11.3 Å². The topological polar surface area (TPSA) is 64.1 Å². The molecule has 3 nitrogen and oxygen atoms in total. The van der Waals surface area contributed by atoms with Crippen molar-refractivity contribution < 1.29 is 13.2 Å². The monoisotopic (exact) mass is 219 g/mol. The number of halogens is 3. The molecule has 15 heavy (non-hydrogen) atoms. The molecule has 0 radical (unpaired) electrons. The molecule has 1 aromatic carbocycles. The highest BCUT2D eigenvalue weighted by Crippen LogP contribution is 2.32. The van der Waals surface area contributed by atoms with Crippen LogP contribution < -0.4 is 17.0 Å². The van der Waals surface area contributed by atoms with Gasteiger partial charge in [-0.15, -0.1) is 0 Å². The maximum absolute atomic E-state index is 12.4. The van der Waals surface area contributed by atoms with Crippen LogP contribution in [-0.4, -0.2) is 0 Å². The summed E-state index contributed by atoms with van der Waals surface area (Å²) in [5, 5.41) is 0. The van der Waals surface area contributed by atoms with Crippen LogP contribution in [0.3, 0.4) is 0 Å². The van der Waals surface area contributed by atoms with Crippen molar-refractivity contribution in [1.29, 1.82) is 0 Å². The summed E-state index contributed by atoms with van der Waals surface area (Å²) in [6.45, 7) is 1.65. The Morgan fingerprint density at radius 1 is 1.27 bits per heavy atom. The van der Waals surface area contributed by atoms with Crippen LogP contribution in [0.1, 0.15) is 24.1 Å². The number of alkyl halides is 3. The van der Waals surface area contributed by atoms with Crippen LogP contribution in [0.25, 0.3) is 0 Å². The Balaban J connectivity index is 3.17. The van der Waals surface area contributed by atoms with Gasteiger partial charge in [0.25, 0.3) is 0 Å². The summed E-state index contributed by atoms with van der Waals surface area (Å²) in [5.41, 5.74) is 7.46. The molecule has 0 heterocycles. The maximum atomic E-state index is 12.4. The average molecular weight is 219 g/mol. The highest BCUT2D eigenvalue weighted by Gasteiger charge is 2.31. The van der Waals surface area contributed by atoms with E-state index in [2.05, 4.69) is 5.43 Å². The van der Waals surface area contributed by atoms with Crippen LogP contribution in [-0.2, 0) is 6.18 Å². The molecule has 0 bridgehead atoms. The minimum Gasteiger partial charge on any atom is -0.399 e. The Morgan fingerprint density at radius 3 is 2.33 bits per heavy atom. The van der Waals surface area contributed by atoms with Gasteiger partial charge in [-0.2, -0.15) is 13.2 Å². The van der Waals surface area contributed by atoms with Crippen LogP contribution in [0.4, 0.5) is 18.9 Å². The van der Waals surface area contributed by atoms with E-state index in [-0.39, 0.29) is 11.7 Å². The lowest BCUT2D eigenvalue weighted by molar-refractivity contribution is -0.137. The first-order valence-corrected chi connectivity index (χ1v) is 4.28. The smallest absolute Gasteiger partial charge is 0.399 e. The van der Waals surface area contributed by atoms with E-state index in [4.69, 9.17) is 11.6 Å². The van der Waals surface area contributed by atoms with Crippen molar-refractivity contribution in [2.75, 3.05) is 5.73 Å². The summed E-state index contributed by atoms with van der Waals surface area (Å²) < 4.78 is 37.2. The van der Waals surface area contributed by atoms with E-state index < -0.39 is 11.7 Å². The molecule has 0 amide bonds. The van der Waals surface area contributed by atoms with E-state index in [0.29, 0.717) is 5.56 Å². The number of benzene rings is 1. The molecule has 0 aliphatic rings. The van der Waals surface area contributed by atoms with Gasteiger partial charge in [-0.1, -0.05) is 0 Å². The largest absolute Gasteiger partial charge is 0.416 e.